The Morgan fingerprint density at radius 1 is 0.944 bits per heavy atom. The predicted octanol–water partition coefficient (Wildman–Crippen LogP) is 2.69. The Morgan fingerprint density at radius 2 is 1.67 bits per heavy atom. The number of nitrogens with zero attached hydrogens (tertiary/aromatic N) is 4. The smallest absolute Gasteiger partial charge is 0.351 e. The molecule has 0 radical (unpaired) electrons. The van der Waals surface area contributed by atoms with Gasteiger partial charge in [-0.05, 0) is 18.2 Å². The summed E-state index contributed by atoms with van der Waals surface area (Å²) >= 11 is 0. The zero-order chi connectivity index (χ0) is 24.8. The van der Waals surface area contributed by atoms with Crippen molar-refractivity contribution in [1.82, 2.24) is 24.4 Å². The Hall–Kier alpha value is -5.05. The summed E-state index contributed by atoms with van der Waals surface area (Å²) in [5, 5.41) is 3.76. The summed E-state index contributed by atoms with van der Waals surface area (Å²) in [6.07, 6.45) is -1.10. The Bertz CT molecular complexity index is 1760. The van der Waals surface area contributed by atoms with Crippen molar-refractivity contribution >= 4 is 22.5 Å². The van der Waals surface area contributed by atoms with Crippen LogP contribution in [-0.4, -0.2) is 30.7 Å². The van der Waals surface area contributed by atoms with E-state index in [0.717, 1.165) is 21.0 Å². The van der Waals surface area contributed by atoms with E-state index in [9.17, 15) is 14.4 Å². The van der Waals surface area contributed by atoms with Crippen molar-refractivity contribution in [3.8, 4) is 5.69 Å². The summed E-state index contributed by atoms with van der Waals surface area (Å²) in [5.74, 6) is -0.411. The number of aromatic amines is 1. The number of aromatic nitrogens is 4. The quantitative estimate of drug-likeness (QED) is 0.417. The van der Waals surface area contributed by atoms with Crippen LogP contribution in [0.25, 0.3) is 16.6 Å². The molecule has 9 heteroatoms. The molecule has 176 valence electrons. The molecular weight excluding hydrogens is 456 g/mol. The maximum absolute atomic E-state index is 13.3. The summed E-state index contributed by atoms with van der Waals surface area (Å²) < 4.78 is 2.27. The number of hydrogen-bond donors (Lipinski definition) is 2. The van der Waals surface area contributed by atoms with Gasteiger partial charge in [0.1, 0.15) is 5.69 Å². The number of rotatable bonds is 3. The molecule has 0 saturated carbocycles. The van der Waals surface area contributed by atoms with Gasteiger partial charge in [0.15, 0.2) is 12.0 Å². The second-order valence-electron chi connectivity index (χ2n) is 8.44. The van der Waals surface area contributed by atoms with Crippen LogP contribution in [0.15, 0.2) is 99.5 Å². The molecule has 1 atom stereocenters. The van der Waals surface area contributed by atoms with E-state index in [-0.39, 0.29) is 5.82 Å². The summed E-state index contributed by atoms with van der Waals surface area (Å²) in [7, 11) is 1.37. The molecule has 1 aliphatic heterocycles. The molecule has 3 heterocycles. The molecule has 2 aromatic heterocycles. The molecule has 36 heavy (non-hydrogen) atoms. The van der Waals surface area contributed by atoms with E-state index in [4.69, 9.17) is 4.99 Å². The van der Waals surface area contributed by atoms with Crippen LogP contribution in [0, 0.1) is 0 Å². The molecule has 0 spiro atoms. The summed E-state index contributed by atoms with van der Waals surface area (Å²) in [4.78, 5) is 51.4. The molecule has 0 fully saturated rings. The molecule has 1 amide bonds. The average Bonchev–Trinajstić information content (AvgIpc) is 3.29. The van der Waals surface area contributed by atoms with Crippen molar-refractivity contribution in [2.45, 2.75) is 6.17 Å². The second-order valence-corrected chi connectivity index (χ2v) is 8.44. The van der Waals surface area contributed by atoms with Gasteiger partial charge >= 0.3 is 11.4 Å². The number of carbonyl (C=O) groups is 1. The number of aliphatic imine (C=N–C) groups is 1. The molecule has 6 rings (SSSR count). The molecule has 9 nitrogen and oxygen atoms in total. The van der Waals surface area contributed by atoms with E-state index in [2.05, 4.69) is 15.3 Å². The number of hydrogen-bond acceptors (Lipinski definition) is 5. The molecule has 0 saturated heterocycles. The fourth-order valence-corrected chi connectivity index (χ4v) is 4.41. The lowest BCUT2D eigenvalue weighted by Gasteiger charge is -2.17. The first-order valence-electron chi connectivity index (χ1n) is 11.3. The summed E-state index contributed by atoms with van der Waals surface area (Å²) in [5.41, 5.74) is 2.38. The molecule has 5 aromatic rings. The van der Waals surface area contributed by atoms with Crippen molar-refractivity contribution in [3.05, 3.63) is 129 Å². The van der Waals surface area contributed by atoms with Gasteiger partial charge in [-0.3, -0.25) is 9.79 Å². The highest BCUT2D eigenvalue weighted by atomic mass is 16.2. The summed E-state index contributed by atoms with van der Waals surface area (Å²) in [6, 6.07) is 26.0. The van der Waals surface area contributed by atoms with Gasteiger partial charge in [-0.2, -0.15) is 4.98 Å². The number of carbonyl (C=O) groups excluding carboxylic acids is 1. The Morgan fingerprint density at radius 3 is 2.47 bits per heavy atom. The third-order valence-corrected chi connectivity index (χ3v) is 6.20. The van der Waals surface area contributed by atoms with E-state index in [1.54, 1.807) is 18.2 Å². The lowest BCUT2D eigenvalue weighted by molar-refractivity contribution is 0.0931. The van der Waals surface area contributed by atoms with Crippen LogP contribution in [0.3, 0.4) is 0 Å². The van der Waals surface area contributed by atoms with E-state index in [0.29, 0.717) is 22.7 Å². The van der Waals surface area contributed by atoms with Gasteiger partial charge in [-0.1, -0.05) is 66.7 Å². The highest BCUT2D eigenvalue weighted by Gasteiger charge is 2.29. The molecule has 3 aromatic carbocycles. The first-order chi connectivity index (χ1) is 17.5. The van der Waals surface area contributed by atoms with Crippen LogP contribution >= 0.6 is 0 Å². The molecule has 2 N–H and O–H groups in total. The van der Waals surface area contributed by atoms with Crippen molar-refractivity contribution in [3.63, 3.8) is 0 Å². The van der Waals surface area contributed by atoms with Crippen LogP contribution in [-0.2, 0) is 7.05 Å². The fourth-order valence-electron chi connectivity index (χ4n) is 4.41. The first kappa shape index (κ1) is 21.5. The maximum Gasteiger partial charge on any atom is 0.353 e. The zero-order valence-corrected chi connectivity index (χ0v) is 19.2. The molecule has 1 unspecified atom stereocenters. The van der Waals surface area contributed by atoms with Crippen molar-refractivity contribution in [1.29, 1.82) is 0 Å². The van der Waals surface area contributed by atoms with Gasteiger partial charge in [0.25, 0.3) is 5.91 Å². The number of nitrogens with one attached hydrogen (secondary N) is 2. The minimum absolute atomic E-state index is 0.0333. The highest BCUT2D eigenvalue weighted by molar-refractivity contribution is 6.15. The van der Waals surface area contributed by atoms with Crippen molar-refractivity contribution in [2.24, 2.45) is 12.0 Å². The zero-order valence-electron chi connectivity index (χ0n) is 19.2. The normalized spacial score (nSPS) is 14.5. The van der Waals surface area contributed by atoms with E-state index < -0.39 is 23.5 Å². The Balaban J connectivity index is 1.57. The van der Waals surface area contributed by atoms with Crippen LogP contribution in [0.4, 0.5) is 0 Å². The van der Waals surface area contributed by atoms with Crippen LogP contribution < -0.4 is 16.7 Å². The lowest BCUT2D eigenvalue weighted by atomic mass is 10.0. The largest absolute Gasteiger partial charge is 0.353 e. The van der Waals surface area contributed by atoms with Gasteiger partial charge < -0.3 is 10.3 Å². The Labute approximate surface area is 204 Å². The highest BCUT2D eigenvalue weighted by Crippen LogP contribution is 2.27. The number of fused-ring (bicyclic) bond motifs is 4. The maximum atomic E-state index is 13.3. The Kier molecular flexibility index (Phi) is 4.96. The van der Waals surface area contributed by atoms with Gasteiger partial charge in [0.05, 0.1) is 11.4 Å². The number of benzene rings is 3. The minimum Gasteiger partial charge on any atom is -0.351 e. The van der Waals surface area contributed by atoms with Gasteiger partial charge in [-0.15, -0.1) is 0 Å². The lowest BCUT2D eigenvalue weighted by Crippen LogP contribution is -2.43. The minimum atomic E-state index is -1.10. The predicted molar refractivity (Wildman–Crippen MR) is 136 cm³/mol. The number of para-hydroxylation sites is 2. The van der Waals surface area contributed by atoms with E-state index >= 15 is 0 Å². The monoisotopic (exact) mass is 476 g/mol. The standard InChI is InChI=1S/C27H20N6O3/c1-32-26(35)31-24-23(30-25(34)20-15-17-11-5-7-13-19(17)28-20)29-22(16-9-3-2-4-10-16)18-12-6-8-14-21(18)33(24)27(32)36/h2-15,23,28H,1H3,(H,30,34). The van der Waals surface area contributed by atoms with Crippen molar-refractivity contribution < 1.29 is 4.79 Å². The van der Waals surface area contributed by atoms with Crippen LogP contribution in [0.2, 0.25) is 0 Å². The molecule has 0 bridgehead atoms. The SMILES string of the molecule is Cn1c(=O)nc2n(c1=O)-c1ccccc1C(c1ccccc1)=NC2NC(=O)c1cc2ccccc2[nH]1. The van der Waals surface area contributed by atoms with Crippen LogP contribution in [0.5, 0.6) is 0 Å². The van der Waals surface area contributed by atoms with Gasteiger partial charge in [0, 0.05) is 29.1 Å². The van der Waals surface area contributed by atoms with Crippen LogP contribution in [0.1, 0.15) is 33.6 Å². The average molecular weight is 476 g/mol. The second kappa shape index (κ2) is 8.31. The third kappa shape index (κ3) is 3.45. The van der Waals surface area contributed by atoms with Crippen molar-refractivity contribution in [2.75, 3.05) is 0 Å². The number of H-pyrrole nitrogens is 1. The fraction of sp³-hybridized carbons (Fsp3) is 0.0741. The molecule has 0 aliphatic carbocycles. The van der Waals surface area contributed by atoms with E-state index in [1.807, 2.05) is 66.7 Å². The topological polar surface area (TPSA) is 114 Å². The van der Waals surface area contributed by atoms with Gasteiger partial charge in [-0.25, -0.2) is 18.7 Å². The number of amides is 1. The molecular formula is C27H20N6O3. The van der Waals surface area contributed by atoms with E-state index in [1.165, 1.54) is 11.6 Å². The summed E-state index contributed by atoms with van der Waals surface area (Å²) in [6.45, 7) is 0. The molecule has 1 aliphatic rings. The van der Waals surface area contributed by atoms with Gasteiger partial charge in [0.2, 0.25) is 0 Å². The first-order valence-corrected chi connectivity index (χ1v) is 11.3. The third-order valence-electron chi connectivity index (χ3n) is 6.20.